The summed E-state index contributed by atoms with van der Waals surface area (Å²) in [7, 11) is 0. The fraction of sp³-hybridized carbons (Fsp3) is 0.574. The number of benzene rings is 2. The second-order valence-corrected chi connectivity index (χ2v) is 18.4. The van der Waals surface area contributed by atoms with Crippen LogP contribution < -0.4 is 31.9 Å². The average Bonchev–Trinajstić information content (AvgIpc) is 3.95. The van der Waals surface area contributed by atoms with Gasteiger partial charge < -0.3 is 46.8 Å². The Morgan fingerprint density at radius 3 is 1.44 bits per heavy atom. The van der Waals surface area contributed by atoms with Gasteiger partial charge in [-0.3, -0.25) is 38.4 Å². The Bertz CT molecular complexity index is 2010. The molecule has 2 aromatic rings. The number of fused-ring (bicyclic) bond motifs is 2. The van der Waals surface area contributed by atoms with Crippen LogP contribution >= 0.6 is 0 Å². The number of carbonyl (C=O) groups is 8. The topological polar surface area (TPSA) is 235 Å². The zero-order valence-electron chi connectivity index (χ0n) is 38.0. The number of nitrogens with zero attached hydrogens (tertiary/aromatic N) is 2. The molecule has 3 heterocycles. The van der Waals surface area contributed by atoms with E-state index in [-0.39, 0.29) is 50.4 Å². The minimum Gasteiger partial charge on any atom is -0.508 e. The molecular weight excluding hydrogens is 821 g/mol. The van der Waals surface area contributed by atoms with E-state index in [4.69, 9.17) is 0 Å². The van der Waals surface area contributed by atoms with Crippen molar-refractivity contribution in [2.75, 3.05) is 13.1 Å². The van der Waals surface area contributed by atoms with Gasteiger partial charge in [0, 0.05) is 25.9 Å². The summed E-state index contributed by atoms with van der Waals surface area (Å²) >= 11 is 0. The number of amides is 8. The summed E-state index contributed by atoms with van der Waals surface area (Å²) in [4.78, 5) is 116. The number of rotatable bonds is 8. The minimum absolute atomic E-state index is 0.00822. The van der Waals surface area contributed by atoms with Crippen LogP contribution in [0.15, 0.2) is 54.6 Å². The molecule has 2 aromatic carbocycles. The van der Waals surface area contributed by atoms with Gasteiger partial charge in [0.15, 0.2) is 0 Å². The van der Waals surface area contributed by atoms with Crippen molar-refractivity contribution in [2.45, 2.75) is 142 Å². The Hall–Kier alpha value is -6.00. The van der Waals surface area contributed by atoms with Crippen LogP contribution in [0.25, 0.3) is 0 Å². The summed E-state index contributed by atoms with van der Waals surface area (Å²) in [5, 5.41) is 26.8. The van der Waals surface area contributed by atoms with Crippen LogP contribution in [-0.4, -0.2) is 124 Å². The molecule has 0 radical (unpaired) electrons. The molecule has 3 fully saturated rings. The van der Waals surface area contributed by atoms with Crippen molar-refractivity contribution in [2.24, 2.45) is 17.8 Å². The van der Waals surface area contributed by atoms with Crippen molar-refractivity contribution in [3.05, 3.63) is 65.7 Å². The van der Waals surface area contributed by atoms with E-state index in [2.05, 4.69) is 31.9 Å². The van der Waals surface area contributed by atoms with E-state index < -0.39 is 107 Å². The predicted octanol–water partition coefficient (Wildman–Crippen LogP) is 1.46. The lowest BCUT2D eigenvalue weighted by atomic mass is 9.98. The molecule has 8 unspecified atom stereocenters. The predicted molar refractivity (Wildman–Crippen MR) is 238 cm³/mol. The molecule has 7 N–H and O–H groups in total. The standard InChI is InChI=1S/C47H66N8O9/c1-26(2)23-33-41(58)51-35(25-31-17-19-32(56)20-18-31)47(64)55-22-12-15-36(55)42(59)52-38(27(3)4)44(61)48-29(7)40(57)50-34(24-30-13-9-8-10-14-30)46(63)54-21-11-16-37(54)43(60)53-39(28(5)6)45(62)49-33/h8-10,13-14,17-20,26-29,33-39,56H,11-12,15-16,21-25H2,1-7H3,(H,48,61)(H,49,62)(H,50,57)(H,51,58)(H,52,59)(H,53,60). The van der Waals surface area contributed by atoms with Crippen LogP contribution in [0.2, 0.25) is 0 Å². The SMILES string of the molecule is CC(C)CC1NC(=O)C(C(C)C)NC(=O)C2CCCN2C(=O)C(Cc2ccccc2)NC(=O)C(C)NC(=O)C(C(C)C)NC(=O)C2CCCN2C(=O)C(Cc2ccc(O)cc2)NC1=O. The number of phenolic OH excluding ortho intramolecular Hbond substituents is 1. The Morgan fingerprint density at radius 1 is 0.531 bits per heavy atom. The largest absolute Gasteiger partial charge is 0.508 e. The number of nitrogens with one attached hydrogen (secondary N) is 6. The molecule has 3 aliphatic heterocycles. The normalized spacial score (nSPS) is 27.3. The molecule has 17 nitrogen and oxygen atoms in total. The monoisotopic (exact) mass is 886 g/mol. The van der Waals surface area contributed by atoms with Crippen molar-refractivity contribution in [1.82, 2.24) is 41.7 Å². The van der Waals surface area contributed by atoms with Crippen LogP contribution in [0.4, 0.5) is 0 Å². The molecule has 0 bridgehead atoms. The van der Waals surface area contributed by atoms with E-state index in [1.165, 1.54) is 28.9 Å². The van der Waals surface area contributed by atoms with E-state index in [9.17, 15) is 43.5 Å². The van der Waals surface area contributed by atoms with Gasteiger partial charge in [0.25, 0.3) is 0 Å². The van der Waals surface area contributed by atoms with Gasteiger partial charge in [0.05, 0.1) is 0 Å². The first-order chi connectivity index (χ1) is 30.3. The van der Waals surface area contributed by atoms with Crippen LogP contribution in [-0.2, 0) is 51.2 Å². The van der Waals surface area contributed by atoms with Gasteiger partial charge in [-0.25, -0.2) is 0 Å². The molecule has 0 aliphatic carbocycles. The van der Waals surface area contributed by atoms with Crippen molar-refractivity contribution in [1.29, 1.82) is 0 Å². The van der Waals surface area contributed by atoms with E-state index in [0.717, 1.165) is 5.56 Å². The first-order valence-electron chi connectivity index (χ1n) is 22.6. The molecule has 64 heavy (non-hydrogen) atoms. The molecule has 0 aromatic heterocycles. The third-order valence-electron chi connectivity index (χ3n) is 12.2. The van der Waals surface area contributed by atoms with E-state index in [1.807, 2.05) is 32.0 Å². The summed E-state index contributed by atoms with van der Waals surface area (Å²) in [6.45, 7) is 12.6. The lowest BCUT2D eigenvalue weighted by Gasteiger charge is -2.33. The fourth-order valence-electron chi connectivity index (χ4n) is 8.60. The van der Waals surface area contributed by atoms with Gasteiger partial charge in [-0.2, -0.15) is 0 Å². The number of hydrogen-bond donors (Lipinski definition) is 7. The van der Waals surface area contributed by atoms with Gasteiger partial charge in [-0.15, -0.1) is 0 Å². The zero-order chi connectivity index (χ0) is 46.8. The van der Waals surface area contributed by atoms with Crippen LogP contribution in [0, 0.1) is 17.8 Å². The second-order valence-electron chi connectivity index (χ2n) is 18.4. The molecular formula is C47H66N8O9. The average molecular weight is 887 g/mol. The van der Waals surface area contributed by atoms with Gasteiger partial charge in [0.1, 0.15) is 54.1 Å². The molecule has 17 heteroatoms. The smallest absolute Gasteiger partial charge is 0.246 e. The van der Waals surface area contributed by atoms with E-state index >= 15 is 0 Å². The highest BCUT2D eigenvalue weighted by atomic mass is 16.3. The number of hydrogen-bond acceptors (Lipinski definition) is 9. The van der Waals surface area contributed by atoms with E-state index in [0.29, 0.717) is 24.8 Å². The second kappa shape index (κ2) is 22.1. The van der Waals surface area contributed by atoms with Gasteiger partial charge >= 0.3 is 0 Å². The molecule has 348 valence electrons. The van der Waals surface area contributed by atoms with Crippen molar-refractivity contribution in [3.8, 4) is 5.75 Å². The number of aromatic hydroxyl groups is 1. The molecule has 3 saturated heterocycles. The summed E-state index contributed by atoms with van der Waals surface area (Å²) < 4.78 is 0. The molecule has 5 rings (SSSR count). The minimum atomic E-state index is -1.21. The van der Waals surface area contributed by atoms with Gasteiger partial charge in [-0.05, 0) is 80.0 Å². The highest BCUT2D eigenvalue weighted by molar-refractivity contribution is 5.99. The highest BCUT2D eigenvalue weighted by Gasteiger charge is 2.43. The molecule has 0 saturated carbocycles. The zero-order valence-corrected chi connectivity index (χ0v) is 38.0. The van der Waals surface area contributed by atoms with Crippen molar-refractivity contribution < 1.29 is 43.5 Å². The number of phenols is 1. The summed E-state index contributed by atoms with van der Waals surface area (Å²) in [5.74, 6) is -5.76. The fourth-order valence-corrected chi connectivity index (χ4v) is 8.60. The Kier molecular flexibility index (Phi) is 16.9. The first-order valence-corrected chi connectivity index (χ1v) is 22.6. The maximum atomic E-state index is 14.6. The molecule has 3 aliphatic rings. The summed E-state index contributed by atoms with van der Waals surface area (Å²) in [6, 6.07) is 6.41. The molecule has 8 atom stereocenters. The van der Waals surface area contributed by atoms with Crippen molar-refractivity contribution >= 4 is 47.3 Å². The van der Waals surface area contributed by atoms with Crippen LogP contribution in [0.5, 0.6) is 5.75 Å². The third kappa shape index (κ3) is 12.6. The highest BCUT2D eigenvalue weighted by Crippen LogP contribution is 2.23. The number of carbonyl (C=O) groups excluding carboxylic acids is 8. The Labute approximate surface area is 375 Å². The Morgan fingerprint density at radius 2 is 0.969 bits per heavy atom. The molecule has 8 amide bonds. The first kappa shape index (κ1) is 49.0. The van der Waals surface area contributed by atoms with E-state index in [1.54, 1.807) is 52.0 Å². The third-order valence-corrected chi connectivity index (χ3v) is 12.2. The van der Waals surface area contributed by atoms with Gasteiger partial charge in [-0.1, -0.05) is 84.0 Å². The van der Waals surface area contributed by atoms with Crippen LogP contribution in [0.3, 0.4) is 0 Å². The quantitative estimate of drug-likeness (QED) is 0.203. The summed E-state index contributed by atoms with van der Waals surface area (Å²) in [6.07, 6.45) is 1.80. The maximum Gasteiger partial charge on any atom is 0.246 e. The van der Waals surface area contributed by atoms with Crippen molar-refractivity contribution in [3.63, 3.8) is 0 Å². The molecule has 0 spiro atoms. The lowest BCUT2D eigenvalue weighted by molar-refractivity contribution is -0.143. The van der Waals surface area contributed by atoms with Gasteiger partial charge in [0.2, 0.25) is 47.3 Å². The summed E-state index contributed by atoms with van der Waals surface area (Å²) in [5.41, 5.74) is 1.36. The lowest BCUT2D eigenvalue weighted by Crippen LogP contribution is -2.62. The van der Waals surface area contributed by atoms with Crippen LogP contribution in [0.1, 0.15) is 91.7 Å². The maximum absolute atomic E-state index is 14.6. The Balaban J connectivity index is 1.53.